The number of nitrogens with one attached hydrogen (secondary N) is 1. The zero-order valence-corrected chi connectivity index (χ0v) is 15.3. The smallest absolute Gasteiger partial charge is 0.338 e. The van der Waals surface area contributed by atoms with Gasteiger partial charge in [-0.3, -0.25) is 4.79 Å². The standard InChI is InChI=1S/C15H17N3O5S2/c1-3-16-13(19)9(2)23-14(20)10-4-5-11-12(8-10)24-15-17-25(21,22)7-6-18(11)15/h4-5,8-9H,3,6-7H2,1-2H3,(H,16,19)/t9-/m0/s1. The monoisotopic (exact) mass is 383 g/mol. The molecule has 0 bridgehead atoms. The maximum atomic E-state index is 12.2. The molecule has 25 heavy (non-hydrogen) atoms. The molecule has 2 aliphatic rings. The predicted octanol–water partition coefficient (Wildman–Crippen LogP) is 0.980. The molecule has 0 saturated carbocycles. The summed E-state index contributed by atoms with van der Waals surface area (Å²) in [5, 5.41) is 2.98. The molecular weight excluding hydrogens is 366 g/mol. The molecule has 8 nitrogen and oxygen atoms in total. The number of hydrogen-bond acceptors (Lipinski definition) is 7. The number of sulfonamides is 1. The Balaban J connectivity index is 1.78. The Morgan fingerprint density at radius 3 is 2.92 bits per heavy atom. The van der Waals surface area contributed by atoms with Gasteiger partial charge in [0.15, 0.2) is 11.3 Å². The number of esters is 1. The van der Waals surface area contributed by atoms with Crippen LogP contribution in [0.4, 0.5) is 5.69 Å². The molecule has 10 heteroatoms. The summed E-state index contributed by atoms with van der Waals surface area (Å²) >= 11 is 1.20. The van der Waals surface area contributed by atoms with Crippen LogP contribution in [-0.4, -0.2) is 50.4 Å². The zero-order chi connectivity index (χ0) is 18.2. The molecule has 1 N–H and O–H groups in total. The number of likely N-dealkylation sites (N-methyl/N-ethyl adjacent to an activating group) is 1. The fourth-order valence-electron chi connectivity index (χ4n) is 2.46. The predicted molar refractivity (Wildman–Crippen MR) is 94.4 cm³/mol. The van der Waals surface area contributed by atoms with Gasteiger partial charge in [0, 0.05) is 18.0 Å². The van der Waals surface area contributed by atoms with Gasteiger partial charge in [0.2, 0.25) is 0 Å². The highest BCUT2D eigenvalue weighted by Gasteiger charge is 2.33. The van der Waals surface area contributed by atoms with E-state index in [-0.39, 0.29) is 11.7 Å². The first-order valence-electron chi connectivity index (χ1n) is 7.71. The van der Waals surface area contributed by atoms with Crippen LogP contribution in [0.2, 0.25) is 0 Å². The van der Waals surface area contributed by atoms with Crippen LogP contribution in [0.5, 0.6) is 0 Å². The third-order valence-electron chi connectivity index (χ3n) is 3.71. The number of amides is 1. The van der Waals surface area contributed by atoms with Crippen LogP contribution >= 0.6 is 11.8 Å². The van der Waals surface area contributed by atoms with E-state index < -0.39 is 22.1 Å². The van der Waals surface area contributed by atoms with Crippen molar-refractivity contribution in [3.63, 3.8) is 0 Å². The van der Waals surface area contributed by atoms with Crippen molar-refractivity contribution < 1.29 is 22.7 Å². The molecule has 2 heterocycles. The molecule has 134 valence electrons. The number of nitrogens with zero attached hydrogens (tertiary/aromatic N) is 2. The molecule has 0 spiro atoms. The number of carbonyl (C=O) groups excluding carboxylic acids is 2. The van der Waals surface area contributed by atoms with Crippen LogP contribution < -0.4 is 10.2 Å². The van der Waals surface area contributed by atoms with E-state index in [1.54, 1.807) is 25.1 Å². The number of benzene rings is 1. The van der Waals surface area contributed by atoms with Gasteiger partial charge in [0.05, 0.1) is 17.0 Å². The van der Waals surface area contributed by atoms with Gasteiger partial charge >= 0.3 is 5.97 Å². The maximum Gasteiger partial charge on any atom is 0.338 e. The second-order valence-corrected chi connectivity index (χ2v) is 8.30. The van der Waals surface area contributed by atoms with Gasteiger partial charge < -0.3 is 15.0 Å². The molecule has 3 rings (SSSR count). The highest BCUT2D eigenvalue weighted by atomic mass is 32.2. The number of hydrogen-bond donors (Lipinski definition) is 1. The summed E-state index contributed by atoms with van der Waals surface area (Å²) in [4.78, 5) is 26.4. The van der Waals surface area contributed by atoms with E-state index in [1.165, 1.54) is 18.7 Å². The van der Waals surface area contributed by atoms with E-state index >= 15 is 0 Å². The molecule has 0 radical (unpaired) electrons. The van der Waals surface area contributed by atoms with E-state index in [2.05, 4.69) is 9.71 Å². The highest BCUT2D eigenvalue weighted by molar-refractivity contribution is 8.15. The fourth-order valence-corrected chi connectivity index (χ4v) is 4.75. The Labute approximate surface area is 149 Å². The molecule has 0 unspecified atom stereocenters. The minimum atomic E-state index is -3.42. The lowest BCUT2D eigenvalue weighted by atomic mass is 10.2. The topological polar surface area (TPSA) is 105 Å². The normalized spacial score (nSPS) is 18.6. The maximum absolute atomic E-state index is 12.2. The second kappa shape index (κ2) is 6.68. The van der Waals surface area contributed by atoms with E-state index in [9.17, 15) is 18.0 Å². The quantitative estimate of drug-likeness (QED) is 0.773. The first kappa shape index (κ1) is 17.7. The molecule has 1 aromatic rings. The summed E-state index contributed by atoms with van der Waals surface area (Å²) in [6, 6.07) is 4.95. The average molecular weight is 383 g/mol. The molecule has 1 aromatic carbocycles. The summed E-state index contributed by atoms with van der Waals surface area (Å²) in [6.07, 6.45) is -0.894. The van der Waals surface area contributed by atoms with Crippen molar-refractivity contribution in [3.05, 3.63) is 23.8 Å². The van der Waals surface area contributed by atoms with Crippen molar-refractivity contribution in [3.8, 4) is 0 Å². The number of carbonyl (C=O) groups is 2. The van der Waals surface area contributed by atoms with E-state index in [4.69, 9.17) is 4.74 Å². The van der Waals surface area contributed by atoms with Crippen LogP contribution in [0, 0.1) is 0 Å². The lowest BCUT2D eigenvalue weighted by Crippen LogP contribution is -2.35. The van der Waals surface area contributed by atoms with Crippen LogP contribution in [0.1, 0.15) is 24.2 Å². The van der Waals surface area contributed by atoms with E-state index in [1.807, 2.05) is 4.90 Å². The largest absolute Gasteiger partial charge is 0.449 e. The van der Waals surface area contributed by atoms with Crippen LogP contribution in [0.3, 0.4) is 0 Å². The Morgan fingerprint density at radius 2 is 2.20 bits per heavy atom. The SMILES string of the molecule is CCNC(=O)[C@H](C)OC(=O)c1ccc2c(c1)SC1=NS(=O)(=O)CCN12. The van der Waals surface area contributed by atoms with Crippen molar-refractivity contribution >= 4 is 44.5 Å². The molecule has 2 aliphatic heterocycles. The van der Waals surface area contributed by atoms with Gasteiger partial charge in [0.25, 0.3) is 15.9 Å². The van der Waals surface area contributed by atoms with Gasteiger partial charge in [-0.1, -0.05) is 0 Å². The Kier molecular flexibility index (Phi) is 4.74. The number of amidine groups is 1. The molecule has 0 aliphatic carbocycles. The lowest BCUT2D eigenvalue weighted by Gasteiger charge is -2.22. The number of rotatable bonds is 4. The van der Waals surface area contributed by atoms with Crippen LogP contribution in [0.25, 0.3) is 0 Å². The molecule has 0 aromatic heterocycles. The van der Waals surface area contributed by atoms with Crippen molar-refractivity contribution in [2.45, 2.75) is 24.8 Å². The lowest BCUT2D eigenvalue weighted by molar-refractivity contribution is -0.128. The number of thioether (sulfide) groups is 1. The van der Waals surface area contributed by atoms with E-state index in [0.29, 0.717) is 23.8 Å². The van der Waals surface area contributed by atoms with Crippen molar-refractivity contribution in [2.75, 3.05) is 23.7 Å². The van der Waals surface area contributed by atoms with Gasteiger partial charge in [0.1, 0.15) is 0 Å². The fraction of sp³-hybridized carbons (Fsp3) is 0.400. The average Bonchev–Trinajstić information content (AvgIpc) is 2.89. The molecule has 1 atom stereocenters. The summed E-state index contributed by atoms with van der Waals surface area (Å²) < 4.78 is 32.2. The molecule has 0 saturated heterocycles. The van der Waals surface area contributed by atoms with Gasteiger partial charge in [-0.05, 0) is 43.8 Å². The van der Waals surface area contributed by atoms with Crippen molar-refractivity contribution in [2.24, 2.45) is 4.40 Å². The second-order valence-electron chi connectivity index (χ2n) is 5.54. The summed E-state index contributed by atoms with van der Waals surface area (Å²) in [7, 11) is -3.42. The zero-order valence-electron chi connectivity index (χ0n) is 13.7. The van der Waals surface area contributed by atoms with Gasteiger partial charge in [-0.2, -0.15) is 0 Å². The highest BCUT2D eigenvalue weighted by Crippen LogP contribution is 2.42. The summed E-state index contributed by atoms with van der Waals surface area (Å²) in [6.45, 7) is 4.07. The van der Waals surface area contributed by atoms with E-state index in [0.717, 1.165) is 10.6 Å². The summed E-state index contributed by atoms with van der Waals surface area (Å²) in [5.41, 5.74) is 1.11. The Morgan fingerprint density at radius 1 is 1.44 bits per heavy atom. The van der Waals surface area contributed by atoms with Crippen molar-refractivity contribution in [1.82, 2.24) is 5.32 Å². The molecule has 0 fully saturated rings. The third kappa shape index (κ3) is 3.64. The van der Waals surface area contributed by atoms with Crippen molar-refractivity contribution in [1.29, 1.82) is 0 Å². The summed E-state index contributed by atoms with van der Waals surface area (Å²) in [5.74, 6) is -1.01. The molecular formula is C15H17N3O5S2. The van der Waals surface area contributed by atoms with Crippen LogP contribution in [-0.2, 0) is 19.6 Å². The number of anilines is 1. The first-order valence-corrected chi connectivity index (χ1v) is 10.1. The third-order valence-corrected chi connectivity index (χ3v) is 6.02. The number of fused-ring (bicyclic) bond motifs is 3. The minimum absolute atomic E-state index is 0.0374. The minimum Gasteiger partial charge on any atom is -0.449 e. The van der Waals surface area contributed by atoms with Gasteiger partial charge in [-0.15, -0.1) is 4.40 Å². The van der Waals surface area contributed by atoms with Gasteiger partial charge in [-0.25, -0.2) is 13.2 Å². The van der Waals surface area contributed by atoms with Crippen LogP contribution in [0.15, 0.2) is 27.5 Å². The first-order chi connectivity index (χ1) is 11.8. The Hall–Kier alpha value is -2.07. The number of ether oxygens (including phenoxy) is 1. The Bertz CT molecular complexity index is 866. The molecule has 1 amide bonds.